The fourth-order valence-corrected chi connectivity index (χ4v) is 3.28. The number of amides is 2. The van der Waals surface area contributed by atoms with E-state index in [1.54, 1.807) is 12.3 Å². The van der Waals surface area contributed by atoms with Crippen LogP contribution in [0.5, 0.6) is 0 Å². The molecule has 0 aliphatic carbocycles. The molecule has 7 heteroatoms. The van der Waals surface area contributed by atoms with E-state index < -0.39 is 11.7 Å². The van der Waals surface area contributed by atoms with Crippen molar-refractivity contribution in [2.24, 2.45) is 0 Å². The van der Waals surface area contributed by atoms with E-state index in [1.807, 2.05) is 31.7 Å². The fraction of sp³-hybridized carbons (Fsp3) is 0.588. The number of hydrogen-bond donors (Lipinski definition) is 2. The van der Waals surface area contributed by atoms with Crippen LogP contribution < -0.4 is 10.6 Å². The van der Waals surface area contributed by atoms with Crippen molar-refractivity contribution >= 4 is 23.5 Å². The van der Waals surface area contributed by atoms with E-state index in [2.05, 4.69) is 15.6 Å². The highest BCUT2D eigenvalue weighted by molar-refractivity contribution is 5.84. The van der Waals surface area contributed by atoms with Gasteiger partial charge < -0.3 is 15.0 Å². The molecule has 3 heterocycles. The number of ether oxygens (including phenoxy) is 1. The van der Waals surface area contributed by atoms with E-state index in [9.17, 15) is 9.59 Å². The molecular weight excluding hydrogens is 308 g/mol. The second-order valence-corrected chi connectivity index (χ2v) is 7.31. The lowest BCUT2D eigenvalue weighted by Gasteiger charge is -2.22. The van der Waals surface area contributed by atoms with Crippen molar-refractivity contribution in [3.63, 3.8) is 0 Å². The maximum Gasteiger partial charge on any atom is 0.413 e. The largest absolute Gasteiger partial charge is 0.444 e. The third kappa shape index (κ3) is 3.77. The topological polar surface area (TPSA) is 83.6 Å². The Morgan fingerprint density at radius 1 is 1.38 bits per heavy atom. The summed E-state index contributed by atoms with van der Waals surface area (Å²) in [5.41, 5.74) is 0.296. The molecule has 7 nitrogen and oxygen atoms in total. The Hall–Kier alpha value is -2.31. The predicted molar refractivity (Wildman–Crippen MR) is 90.9 cm³/mol. The summed E-state index contributed by atoms with van der Waals surface area (Å²) in [4.78, 5) is 29.9. The van der Waals surface area contributed by atoms with Gasteiger partial charge in [-0.25, -0.2) is 9.78 Å². The maximum atomic E-state index is 12.0. The smallest absolute Gasteiger partial charge is 0.413 e. The first kappa shape index (κ1) is 16.5. The minimum Gasteiger partial charge on any atom is -0.444 e. The minimum atomic E-state index is -0.548. The lowest BCUT2D eigenvalue weighted by Crippen LogP contribution is -2.34. The van der Waals surface area contributed by atoms with Crippen LogP contribution in [0.4, 0.5) is 16.3 Å². The number of pyridine rings is 1. The number of nitrogens with one attached hydrogen (secondary N) is 2. The van der Waals surface area contributed by atoms with Crippen LogP contribution in [0.15, 0.2) is 18.3 Å². The maximum absolute atomic E-state index is 12.0. The highest BCUT2D eigenvalue weighted by atomic mass is 16.6. The van der Waals surface area contributed by atoms with Crippen molar-refractivity contribution < 1.29 is 14.3 Å². The summed E-state index contributed by atoms with van der Waals surface area (Å²) < 4.78 is 5.19. The Morgan fingerprint density at radius 2 is 2.17 bits per heavy atom. The SMILES string of the molecule is CC(C)(C)OC(=O)Nc1ccc(NC2CC(=O)N3CCCC23)cn1. The van der Waals surface area contributed by atoms with Gasteiger partial charge in [0.15, 0.2) is 0 Å². The molecule has 24 heavy (non-hydrogen) atoms. The Balaban J connectivity index is 1.57. The zero-order valence-corrected chi connectivity index (χ0v) is 14.3. The van der Waals surface area contributed by atoms with Gasteiger partial charge in [0, 0.05) is 13.0 Å². The number of carbonyl (C=O) groups excluding carboxylic acids is 2. The predicted octanol–water partition coefficient (Wildman–Crippen LogP) is 2.60. The van der Waals surface area contributed by atoms with E-state index >= 15 is 0 Å². The van der Waals surface area contributed by atoms with Gasteiger partial charge in [-0.1, -0.05) is 0 Å². The van der Waals surface area contributed by atoms with Crippen LogP contribution in [0.25, 0.3) is 0 Å². The third-order valence-electron chi connectivity index (χ3n) is 4.22. The number of anilines is 2. The van der Waals surface area contributed by atoms with E-state index in [4.69, 9.17) is 4.74 Å². The van der Waals surface area contributed by atoms with E-state index in [-0.39, 0.29) is 18.0 Å². The second-order valence-electron chi connectivity index (χ2n) is 7.31. The van der Waals surface area contributed by atoms with Gasteiger partial charge in [-0.05, 0) is 45.7 Å². The first-order valence-corrected chi connectivity index (χ1v) is 8.34. The monoisotopic (exact) mass is 332 g/mol. The molecule has 2 amide bonds. The van der Waals surface area contributed by atoms with Gasteiger partial charge >= 0.3 is 6.09 Å². The van der Waals surface area contributed by atoms with Crippen LogP contribution in [0.1, 0.15) is 40.0 Å². The van der Waals surface area contributed by atoms with E-state index in [0.717, 1.165) is 25.1 Å². The molecule has 0 radical (unpaired) electrons. The molecule has 2 atom stereocenters. The second kappa shape index (κ2) is 6.30. The fourth-order valence-electron chi connectivity index (χ4n) is 3.28. The van der Waals surface area contributed by atoms with E-state index in [1.165, 1.54) is 0 Å². The average molecular weight is 332 g/mol. The van der Waals surface area contributed by atoms with Crippen LogP contribution >= 0.6 is 0 Å². The van der Waals surface area contributed by atoms with Gasteiger partial charge in [-0.15, -0.1) is 0 Å². The molecule has 0 bridgehead atoms. The standard InChI is InChI=1S/C17H24N4O3/c1-17(2,3)24-16(23)20-14-7-6-11(10-18-14)19-12-9-15(22)21-8-4-5-13(12)21/h6-7,10,12-13,19H,4-5,8-9H2,1-3H3,(H,18,20,23). The molecule has 0 aromatic carbocycles. The Kier molecular flexibility index (Phi) is 4.34. The van der Waals surface area contributed by atoms with Crippen LogP contribution in [-0.4, -0.2) is 46.1 Å². The number of carbonyl (C=O) groups is 2. The van der Waals surface area contributed by atoms with Crippen LogP contribution in [0, 0.1) is 0 Å². The van der Waals surface area contributed by atoms with Gasteiger partial charge in [0.1, 0.15) is 11.4 Å². The quantitative estimate of drug-likeness (QED) is 0.889. The van der Waals surface area contributed by atoms with Gasteiger partial charge in [-0.2, -0.15) is 0 Å². The minimum absolute atomic E-state index is 0.131. The zero-order valence-electron chi connectivity index (χ0n) is 14.3. The molecule has 1 aromatic heterocycles. The average Bonchev–Trinajstić information content (AvgIpc) is 3.05. The van der Waals surface area contributed by atoms with Crippen LogP contribution in [-0.2, 0) is 9.53 Å². The van der Waals surface area contributed by atoms with Gasteiger partial charge in [-0.3, -0.25) is 10.1 Å². The third-order valence-corrected chi connectivity index (χ3v) is 4.22. The number of nitrogens with zero attached hydrogens (tertiary/aromatic N) is 2. The van der Waals surface area contributed by atoms with Gasteiger partial charge in [0.2, 0.25) is 5.91 Å². The zero-order chi connectivity index (χ0) is 17.3. The Bertz CT molecular complexity index is 624. The molecule has 130 valence electrons. The summed E-state index contributed by atoms with van der Waals surface area (Å²) in [6, 6.07) is 3.99. The number of aromatic nitrogens is 1. The van der Waals surface area contributed by atoms with Crippen LogP contribution in [0.2, 0.25) is 0 Å². The molecule has 2 aliphatic rings. The molecule has 2 N–H and O–H groups in total. The molecular formula is C17H24N4O3. The molecule has 1 aromatic rings. The van der Waals surface area contributed by atoms with Crippen molar-refractivity contribution in [2.75, 3.05) is 17.2 Å². The lowest BCUT2D eigenvalue weighted by molar-refractivity contribution is -0.127. The van der Waals surface area contributed by atoms with Gasteiger partial charge in [0.25, 0.3) is 0 Å². The van der Waals surface area contributed by atoms with Crippen LogP contribution in [0.3, 0.4) is 0 Å². The Labute approximate surface area is 141 Å². The van der Waals surface area contributed by atoms with E-state index in [0.29, 0.717) is 12.2 Å². The first-order valence-electron chi connectivity index (χ1n) is 8.34. The molecule has 3 rings (SSSR count). The Morgan fingerprint density at radius 3 is 2.83 bits per heavy atom. The molecule has 2 fully saturated rings. The summed E-state index contributed by atoms with van der Waals surface area (Å²) in [5, 5.41) is 5.99. The first-order chi connectivity index (χ1) is 11.3. The molecule has 2 aliphatic heterocycles. The lowest BCUT2D eigenvalue weighted by atomic mass is 10.1. The summed E-state index contributed by atoms with van der Waals surface area (Å²) in [5.74, 6) is 0.658. The summed E-state index contributed by atoms with van der Waals surface area (Å²) in [6.45, 7) is 6.30. The number of rotatable bonds is 3. The van der Waals surface area contributed by atoms with Crippen molar-refractivity contribution in [2.45, 2.75) is 57.7 Å². The summed E-state index contributed by atoms with van der Waals surface area (Å²) in [7, 11) is 0. The highest BCUT2D eigenvalue weighted by Gasteiger charge is 2.42. The highest BCUT2D eigenvalue weighted by Crippen LogP contribution is 2.31. The number of fused-ring (bicyclic) bond motifs is 1. The van der Waals surface area contributed by atoms with Crippen molar-refractivity contribution in [1.82, 2.24) is 9.88 Å². The normalized spacial score (nSPS) is 23.1. The number of hydrogen-bond acceptors (Lipinski definition) is 5. The summed E-state index contributed by atoms with van der Waals surface area (Å²) in [6.07, 6.45) is 3.79. The van der Waals surface area contributed by atoms with Crippen molar-refractivity contribution in [1.29, 1.82) is 0 Å². The molecule has 0 saturated carbocycles. The molecule has 2 saturated heterocycles. The van der Waals surface area contributed by atoms with Gasteiger partial charge in [0.05, 0.1) is 24.0 Å². The van der Waals surface area contributed by atoms with Crippen molar-refractivity contribution in [3.05, 3.63) is 18.3 Å². The molecule has 2 unspecified atom stereocenters. The van der Waals surface area contributed by atoms with Crippen molar-refractivity contribution in [3.8, 4) is 0 Å². The summed E-state index contributed by atoms with van der Waals surface area (Å²) >= 11 is 0. The molecule has 0 spiro atoms.